The molecule has 1 atom stereocenters. The van der Waals surface area contributed by atoms with Crippen molar-refractivity contribution < 1.29 is 18.0 Å². The minimum atomic E-state index is -4.35. The van der Waals surface area contributed by atoms with Gasteiger partial charge in [0.25, 0.3) is 0 Å². The van der Waals surface area contributed by atoms with Gasteiger partial charge in [0.1, 0.15) is 6.04 Å². The molecule has 0 radical (unpaired) electrons. The zero-order chi connectivity index (χ0) is 12.2. The van der Waals surface area contributed by atoms with Crippen molar-refractivity contribution in [1.29, 1.82) is 0 Å². The molecule has 1 unspecified atom stereocenters. The number of alkyl halides is 3. The SMILES string of the molecule is CNCC(=O)NC(C1CCCC1)C(F)(F)F. The van der Waals surface area contributed by atoms with Gasteiger partial charge in [-0.05, 0) is 25.8 Å². The van der Waals surface area contributed by atoms with Crippen LogP contribution in [0.2, 0.25) is 0 Å². The molecule has 0 aliphatic heterocycles. The van der Waals surface area contributed by atoms with Crippen LogP contribution in [0.5, 0.6) is 0 Å². The highest BCUT2D eigenvalue weighted by Crippen LogP contribution is 2.35. The van der Waals surface area contributed by atoms with E-state index in [2.05, 4.69) is 10.6 Å². The maximum atomic E-state index is 12.7. The number of hydrogen-bond acceptors (Lipinski definition) is 2. The van der Waals surface area contributed by atoms with E-state index in [9.17, 15) is 18.0 Å². The second kappa shape index (κ2) is 5.52. The van der Waals surface area contributed by atoms with Gasteiger partial charge in [0.15, 0.2) is 0 Å². The van der Waals surface area contributed by atoms with E-state index in [0.717, 1.165) is 12.8 Å². The smallest absolute Gasteiger partial charge is 0.343 e. The van der Waals surface area contributed by atoms with Gasteiger partial charge in [-0.25, -0.2) is 0 Å². The quantitative estimate of drug-likeness (QED) is 0.778. The molecule has 0 spiro atoms. The number of rotatable bonds is 4. The van der Waals surface area contributed by atoms with Gasteiger partial charge < -0.3 is 10.6 Å². The topological polar surface area (TPSA) is 41.1 Å². The van der Waals surface area contributed by atoms with Gasteiger partial charge in [-0.1, -0.05) is 12.8 Å². The van der Waals surface area contributed by atoms with Crippen LogP contribution in [0.3, 0.4) is 0 Å². The number of amides is 1. The highest BCUT2D eigenvalue weighted by atomic mass is 19.4. The molecule has 3 nitrogen and oxygen atoms in total. The lowest BCUT2D eigenvalue weighted by Gasteiger charge is -2.26. The molecule has 2 N–H and O–H groups in total. The number of nitrogens with one attached hydrogen (secondary N) is 2. The normalized spacial score (nSPS) is 19.8. The second-order valence-corrected chi connectivity index (χ2v) is 4.16. The molecule has 16 heavy (non-hydrogen) atoms. The summed E-state index contributed by atoms with van der Waals surface area (Å²) in [6.45, 7) is -0.0840. The van der Waals surface area contributed by atoms with Crippen LogP contribution >= 0.6 is 0 Å². The standard InChI is InChI=1S/C10H17F3N2O/c1-14-6-8(16)15-9(10(11,12)13)7-4-2-3-5-7/h7,9,14H,2-6H2,1H3,(H,15,16). The fourth-order valence-electron chi connectivity index (χ4n) is 2.14. The van der Waals surface area contributed by atoms with Crippen LogP contribution in [-0.4, -0.2) is 31.7 Å². The van der Waals surface area contributed by atoms with E-state index in [0.29, 0.717) is 12.8 Å². The fourth-order valence-corrected chi connectivity index (χ4v) is 2.14. The van der Waals surface area contributed by atoms with Crippen LogP contribution in [-0.2, 0) is 4.79 Å². The summed E-state index contributed by atoms with van der Waals surface area (Å²) < 4.78 is 38.2. The summed E-state index contributed by atoms with van der Waals surface area (Å²) in [5.74, 6) is -1.06. The molecule has 0 aromatic heterocycles. The highest BCUT2D eigenvalue weighted by molar-refractivity contribution is 5.78. The molecule has 0 aromatic carbocycles. The molecule has 6 heteroatoms. The molecule has 94 valence electrons. The van der Waals surface area contributed by atoms with Crippen LogP contribution < -0.4 is 10.6 Å². The summed E-state index contributed by atoms with van der Waals surface area (Å²) in [6, 6.07) is -1.68. The Hall–Kier alpha value is -0.780. The Morgan fingerprint density at radius 2 is 1.94 bits per heavy atom. The zero-order valence-electron chi connectivity index (χ0n) is 9.23. The summed E-state index contributed by atoms with van der Waals surface area (Å²) in [5.41, 5.74) is 0. The second-order valence-electron chi connectivity index (χ2n) is 4.16. The Morgan fingerprint density at radius 1 is 1.38 bits per heavy atom. The van der Waals surface area contributed by atoms with Crippen LogP contribution in [0.4, 0.5) is 13.2 Å². The van der Waals surface area contributed by atoms with Crippen LogP contribution in [0.25, 0.3) is 0 Å². The number of likely N-dealkylation sites (N-methyl/N-ethyl adjacent to an activating group) is 1. The summed E-state index contributed by atoms with van der Waals surface area (Å²) in [7, 11) is 1.53. The van der Waals surface area contributed by atoms with E-state index in [1.807, 2.05) is 0 Å². The number of carbonyl (C=O) groups is 1. The Kier molecular flexibility index (Phi) is 4.58. The molecule has 1 fully saturated rings. The molecule has 0 saturated heterocycles. The summed E-state index contributed by atoms with van der Waals surface area (Å²) in [6.07, 6.45) is -1.62. The zero-order valence-corrected chi connectivity index (χ0v) is 9.23. The van der Waals surface area contributed by atoms with Crippen molar-refractivity contribution in [3.63, 3.8) is 0 Å². The first-order valence-corrected chi connectivity index (χ1v) is 5.46. The molecule has 0 aromatic rings. The fraction of sp³-hybridized carbons (Fsp3) is 0.900. The van der Waals surface area contributed by atoms with Gasteiger partial charge in [-0.15, -0.1) is 0 Å². The molecule has 0 bridgehead atoms. The van der Waals surface area contributed by atoms with Gasteiger partial charge >= 0.3 is 6.18 Å². The first-order chi connectivity index (χ1) is 7.45. The molecule has 1 aliphatic rings. The van der Waals surface area contributed by atoms with Crippen molar-refractivity contribution in [2.24, 2.45) is 5.92 Å². The first kappa shape index (κ1) is 13.3. The maximum absolute atomic E-state index is 12.7. The third kappa shape index (κ3) is 3.66. The molecule has 1 amide bonds. The number of carbonyl (C=O) groups excluding carboxylic acids is 1. The van der Waals surface area contributed by atoms with Crippen molar-refractivity contribution in [2.75, 3.05) is 13.6 Å². The number of hydrogen-bond donors (Lipinski definition) is 2. The van der Waals surface area contributed by atoms with Crippen molar-refractivity contribution in [3.8, 4) is 0 Å². The van der Waals surface area contributed by atoms with Crippen LogP contribution in [0.15, 0.2) is 0 Å². The molecule has 1 rings (SSSR count). The highest BCUT2D eigenvalue weighted by Gasteiger charge is 2.46. The molecule has 1 aliphatic carbocycles. The summed E-state index contributed by atoms with van der Waals surface area (Å²) in [5, 5.41) is 4.61. The average molecular weight is 238 g/mol. The summed E-state index contributed by atoms with van der Waals surface area (Å²) in [4.78, 5) is 11.2. The van der Waals surface area contributed by atoms with Gasteiger partial charge in [-0.3, -0.25) is 4.79 Å². The van der Waals surface area contributed by atoms with E-state index in [-0.39, 0.29) is 6.54 Å². The van der Waals surface area contributed by atoms with Crippen molar-refractivity contribution >= 4 is 5.91 Å². The van der Waals surface area contributed by atoms with E-state index in [1.54, 1.807) is 0 Å². The van der Waals surface area contributed by atoms with E-state index in [1.165, 1.54) is 7.05 Å². The predicted octanol–water partition coefficient (Wildman–Crippen LogP) is 1.44. The average Bonchev–Trinajstić information content (AvgIpc) is 2.65. The largest absolute Gasteiger partial charge is 0.408 e. The number of halogens is 3. The molecule has 1 saturated carbocycles. The lowest BCUT2D eigenvalue weighted by Crippen LogP contribution is -2.51. The predicted molar refractivity (Wildman–Crippen MR) is 53.9 cm³/mol. The van der Waals surface area contributed by atoms with E-state index >= 15 is 0 Å². The third-order valence-electron chi connectivity index (χ3n) is 2.88. The van der Waals surface area contributed by atoms with Gasteiger partial charge in [-0.2, -0.15) is 13.2 Å². The van der Waals surface area contributed by atoms with E-state index in [4.69, 9.17) is 0 Å². The Morgan fingerprint density at radius 3 is 2.38 bits per heavy atom. The van der Waals surface area contributed by atoms with Crippen LogP contribution in [0.1, 0.15) is 25.7 Å². The van der Waals surface area contributed by atoms with Gasteiger partial charge in [0.05, 0.1) is 6.54 Å². The van der Waals surface area contributed by atoms with Crippen molar-refractivity contribution in [3.05, 3.63) is 0 Å². The van der Waals surface area contributed by atoms with Gasteiger partial charge in [0, 0.05) is 0 Å². The lowest BCUT2D eigenvalue weighted by molar-refractivity contribution is -0.171. The first-order valence-electron chi connectivity index (χ1n) is 5.46. The lowest BCUT2D eigenvalue weighted by atomic mass is 9.97. The monoisotopic (exact) mass is 238 g/mol. The van der Waals surface area contributed by atoms with Crippen LogP contribution in [0, 0.1) is 5.92 Å². The minimum absolute atomic E-state index is 0.0840. The van der Waals surface area contributed by atoms with Gasteiger partial charge in [0.2, 0.25) is 5.91 Å². The van der Waals surface area contributed by atoms with Crippen molar-refractivity contribution in [1.82, 2.24) is 10.6 Å². The summed E-state index contributed by atoms with van der Waals surface area (Å²) >= 11 is 0. The Labute approximate surface area is 92.8 Å². The molecular weight excluding hydrogens is 221 g/mol. The minimum Gasteiger partial charge on any atom is -0.343 e. The maximum Gasteiger partial charge on any atom is 0.408 e. The van der Waals surface area contributed by atoms with E-state index < -0.39 is 24.0 Å². The Balaban J connectivity index is 2.60. The molecular formula is C10H17F3N2O. The molecule has 0 heterocycles. The Bertz CT molecular complexity index is 237. The van der Waals surface area contributed by atoms with Crippen molar-refractivity contribution in [2.45, 2.75) is 37.9 Å². The third-order valence-corrected chi connectivity index (χ3v) is 2.88.